The molecule has 0 saturated heterocycles. The van der Waals surface area contributed by atoms with Gasteiger partial charge in [-0.2, -0.15) is 0 Å². The second-order valence-corrected chi connectivity index (χ2v) is 12.8. The largest absolute Gasteiger partial charge is 0.337 e. The summed E-state index contributed by atoms with van der Waals surface area (Å²) in [6, 6.07) is 19.4. The smallest absolute Gasteiger partial charge is 0.241 e. The van der Waals surface area contributed by atoms with E-state index >= 15 is 0 Å². The minimum Gasteiger partial charge on any atom is -0.337 e. The van der Waals surface area contributed by atoms with Crippen LogP contribution in [0.15, 0.2) is 84.0 Å². The van der Waals surface area contributed by atoms with Gasteiger partial charge in [0.1, 0.15) is 11.6 Å². The first kappa shape index (κ1) is 27.4. The number of hydrogen-bond acceptors (Lipinski definition) is 4. The predicted molar refractivity (Wildman–Crippen MR) is 155 cm³/mol. The lowest BCUT2D eigenvalue weighted by Crippen LogP contribution is -2.34. The van der Waals surface area contributed by atoms with E-state index in [2.05, 4.69) is 21.8 Å². The number of rotatable bonds is 8. The van der Waals surface area contributed by atoms with Crippen LogP contribution < -0.4 is 9.62 Å². The Hall–Kier alpha value is -3.82. The summed E-state index contributed by atoms with van der Waals surface area (Å²) in [6.45, 7) is 1.86. The summed E-state index contributed by atoms with van der Waals surface area (Å²) >= 11 is 0. The van der Waals surface area contributed by atoms with Crippen LogP contribution in [-0.4, -0.2) is 23.9 Å². The van der Waals surface area contributed by atoms with Crippen molar-refractivity contribution in [3.05, 3.63) is 113 Å². The highest BCUT2D eigenvalue weighted by Crippen LogP contribution is 2.49. The third-order valence-corrected chi connectivity index (χ3v) is 9.78. The summed E-state index contributed by atoms with van der Waals surface area (Å²) in [5.74, 6) is 0.418. The Balaban J connectivity index is 1.32. The van der Waals surface area contributed by atoms with Crippen molar-refractivity contribution in [3.63, 3.8) is 0 Å². The van der Waals surface area contributed by atoms with Crippen molar-refractivity contribution in [2.75, 3.05) is 4.90 Å². The lowest BCUT2D eigenvalue weighted by atomic mass is 9.87. The highest BCUT2D eigenvalue weighted by molar-refractivity contribution is 7.89. The summed E-state index contributed by atoms with van der Waals surface area (Å²) in [5.41, 5.74) is 4.08. The topological polar surface area (TPSA) is 84.3 Å². The Morgan fingerprint density at radius 2 is 1.93 bits per heavy atom. The molecular formula is C32H33FN4O3S. The summed E-state index contributed by atoms with van der Waals surface area (Å²) in [4.78, 5) is 20.3. The monoisotopic (exact) mass is 572 g/mol. The van der Waals surface area contributed by atoms with Gasteiger partial charge in [0, 0.05) is 37.1 Å². The van der Waals surface area contributed by atoms with E-state index in [0.29, 0.717) is 13.0 Å². The van der Waals surface area contributed by atoms with Crippen LogP contribution in [0.1, 0.15) is 59.3 Å². The van der Waals surface area contributed by atoms with Crippen molar-refractivity contribution in [2.45, 2.75) is 56.0 Å². The fourth-order valence-corrected chi connectivity index (χ4v) is 7.17. The third kappa shape index (κ3) is 5.56. The number of aromatic nitrogens is 2. The first-order valence-corrected chi connectivity index (χ1v) is 15.4. The highest BCUT2D eigenvalue weighted by atomic mass is 32.2. The summed E-state index contributed by atoms with van der Waals surface area (Å²) in [6.07, 6.45) is 6.66. The second-order valence-electron chi connectivity index (χ2n) is 11.1. The predicted octanol–water partition coefficient (Wildman–Crippen LogP) is 5.56. The van der Waals surface area contributed by atoms with E-state index in [4.69, 9.17) is 0 Å². The molecule has 0 aliphatic heterocycles. The van der Waals surface area contributed by atoms with Crippen LogP contribution in [0.25, 0.3) is 0 Å². The molecule has 3 atom stereocenters. The number of carbonyl (C=O) groups is 1. The number of nitrogens with one attached hydrogen (secondary N) is 1. The average molecular weight is 573 g/mol. The Morgan fingerprint density at radius 3 is 2.66 bits per heavy atom. The number of nitrogens with zero attached hydrogens (tertiary/aromatic N) is 3. The van der Waals surface area contributed by atoms with Gasteiger partial charge in [0.25, 0.3) is 0 Å². The number of hydrogen-bond donors (Lipinski definition) is 1. The van der Waals surface area contributed by atoms with Gasteiger partial charge in [-0.3, -0.25) is 4.79 Å². The van der Waals surface area contributed by atoms with Crippen molar-refractivity contribution < 1.29 is 17.6 Å². The number of anilines is 1. The van der Waals surface area contributed by atoms with E-state index < -0.39 is 21.9 Å². The number of imidazole rings is 1. The van der Waals surface area contributed by atoms with Gasteiger partial charge >= 0.3 is 0 Å². The van der Waals surface area contributed by atoms with Crippen LogP contribution in [0.2, 0.25) is 0 Å². The summed E-state index contributed by atoms with van der Waals surface area (Å²) < 4.78 is 45.2. The van der Waals surface area contributed by atoms with Gasteiger partial charge in [-0.15, -0.1) is 0 Å². The normalized spacial score (nSPS) is 19.9. The van der Waals surface area contributed by atoms with E-state index in [1.165, 1.54) is 23.8 Å². The lowest BCUT2D eigenvalue weighted by molar-refractivity contribution is -0.120. The first-order valence-electron chi connectivity index (χ1n) is 13.9. The molecule has 0 radical (unpaired) electrons. The van der Waals surface area contributed by atoms with Crippen molar-refractivity contribution in [1.29, 1.82) is 0 Å². The van der Waals surface area contributed by atoms with Crippen LogP contribution >= 0.6 is 0 Å². The molecule has 0 bridgehead atoms. The maximum atomic E-state index is 14.0. The number of aryl methyl sites for hydroxylation is 3. The molecule has 0 unspecified atom stereocenters. The fraction of sp³-hybridized carbons (Fsp3) is 0.312. The molecule has 1 amide bonds. The molecule has 3 aromatic carbocycles. The zero-order valence-electron chi connectivity index (χ0n) is 23.1. The van der Waals surface area contributed by atoms with Crippen LogP contribution in [0.3, 0.4) is 0 Å². The van der Waals surface area contributed by atoms with Crippen LogP contribution in [-0.2, 0) is 34.8 Å². The molecule has 1 saturated carbocycles. The molecule has 2 aliphatic rings. The molecule has 1 fully saturated rings. The number of sulfonamides is 1. The zero-order chi connectivity index (χ0) is 28.7. The molecule has 1 aromatic heterocycles. The molecule has 6 rings (SSSR count). The highest BCUT2D eigenvalue weighted by Gasteiger charge is 2.46. The van der Waals surface area contributed by atoms with Gasteiger partial charge in [0.15, 0.2) is 0 Å². The summed E-state index contributed by atoms with van der Waals surface area (Å²) in [7, 11) is -1.98. The Labute approximate surface area is 240 Å². The SMILES string of the molecule is Cc1cc(S(=O)(=O)N[C@@H]2CCCc3ccc(N(Cc4nccn4C)C(=O)[C@@H]4C[C@@H]4c4ccccc4)cc32)ccc1F. The van der Waals surface area contributed by atoms with Gasteiger partial charge in [0.05, 0.1) is 11.4 Å². The maximum absolute atomic E-state index is 14.0. The molecular weight excluding hydrogens is 539 g/mol. The minimum atomic E-state index is -3.89. The number of halogens is 1. The van der Waals surface area contributed by atoms with Gasteiger partial charge in [0.2, 0.25) is 15.9 Å². The van der Waals surface area contributed by atoms with Gasteiger partial charge in [-0.25, -0.2) is 22.5 Å². The zero-order valence-corrected chi connectivity index (χ0v) is 23.9. The number of benzene rings is 3. The van der Waals surface area contributed by atoms with E-state index in [1.807, 2.05) is 54.2 Å². The lowest BCUT2D eigenvalue weighted by Gasteiger charge is -2.29. The Kier molecular flexibility index (Phi) is 7.25. The van der Waals surface area contributed by atoms with E-state index in [-0.39, 0.29) is 28.2 Å². The van der Waals surface area contributed by atoms with Crippen LogP contribution in [0.4, 0.5) is 10.1 Å². The first-order chi connectivity index (χ1) is 19.7. The molecule has 9 heteroatoms. The average Bonchev–Trinajstić information content (AvgIpc) is 3.67. The standard InChI is InChI=1S/C32H33FN4O3S/c1-21-17-25(13-14-29(21)33)41(39,40)35-30-10-6-9-23-11-12-24(18-27(23)30)37(20-31-34-15-16-36(31)2)32(38)28-19-26(28)22-7-4-3-5-8-22/h3-5,7-8,11-18,26,28,30,35H,6,9-10,19-20H2,1-2H3/t26-,28-,30-/m1/s1. The van der Waals surface area contributed by atoms with E-state index in [0.717, 1.165) is 41.9 Å². The molecule has 2 aliphatic carbocycles. The summed E-state index contributed by atoms with van der Waals surface area (Å²) in [5, 5.41) is 0. The molecule has 0 spiro atoms. The molecule has 1 heterocycles. The number of amides is 1. The molecule has 4 aromatic rings. The van der Waals surface area contributed by atoms with Crippen molar-refractivity contribution in [2.24, 2.45) is 13.0 Å². The second kappa shape index (κ2) is 10.9. The quantitative estimate of drug-likeness (QED) is 0.300. The van der Waals surface area contributed by atoms with Gasteiger partial charge in [-0.1, -0.05) is 36.4 Å². The van der Waals surface area contributed by atoms with Gasteiger partial charge in [-0.05, 0) is 91.1 Å². The van der Waals surface area contributed by atoms with Crippen molar-refractivity contribution in [3.8, 4) is 0 Å². The number of fused-ring (bicyclic) bond motifs is 1. The van der Waals surface area contributed by atoms with Crippen LogP contribution in [0.5, 0.6) is 0 Å². The minimum absolute atomic E-state index is 0.0342. The molecule has 1 N–H and O–H groups in total. The molecule has 41 heavy (non-hydrogen) atoms. The van der Waals surface area contributed by atoms with E-state index in [9.17, 15) is 17.6 Å². The Morgan fingerprint density at radius 1 is 1.12 bits per heavy atom. The fourth-order valence-electron chi connectivity index (χ4n) is 5.84. The Bertz CT molecular complexity index is 1700. The van der Waals surface area contributed by atoms with Crippen LogP contribution in [0, 0.1) is 18.7 Å². The van der Waals surface area contributed by atoms with Crippen molar-refractivity contribution >= 4 is 21.6 Å². The molecule has 212 valence electrons. The number of carbonyl (C=O) groups excluding carboxylic acids is 1. The van der Waals surface area contributed by atoms with Gasteiger partial charge < -0.3 is 9.47 Å². The molecule has 7 nitrogen and oxygen atoms in total. The maximum Gasteiger partial charge on any atom is 0.241 e. The van der Waals surface area contributed by atoms with Crippen molar-refractivity contribution in [1.82, 2.24) is 14.3 Å². The third-order valence-electron chi connectivity index (χ3n) is 8.31. The van der Waals surface area contributed by atoms with E-state index in [1.54, 1.807) is 18.0 Å².